The van der Waals surface area contributed by atoms with E-state index in [9.17, 15) is 0 Å². The van der Waals surface area contributed by atoms with Crippen molar-refractivity contribution in [1.82, 2.24) is 19.0 Å². The summed E-state index contributed by atoms with van der Waals surface area (Å²) in [6, 6.07) is 41.2. The van der Waals surface area contributed by atoms with Crippen molar-refractivity contribution in [2.24, 2.45) is 0 Å². The average Bonchev–Trinajstić information content (AvgIpc) is 3.95. The molecule has 1 N–H and O–H groups in total. The minimum absolute atomic E-state index is 0. The Kier molecular flexibility index (Phi) is 10.5. The van der Waals surface area contributed by atoms with Gasteiger partial charge in [0.1, 0.15) is 0 Å². The summed E-state index contributed by atoms with van der Waals surface area (Å²) in [5, 5.41) is 1.35. The van der Waals surface area contributed by atoms with Gasteiger partial charge in [-0.1, -0.05) is 179 Å². The van der Waals surface area contributed by atoms with Gasteiger partial charge in [0, 0.05) is 51.1 Å². The summed E-state index contributed by atoms with van der Waals surface area (Å²) in [5.41, 5.74) is 10.3. The van der Waals surface area contributed by atoms with E-state index < -0.39 is 0 Å². The van der Waals surface area contributed by atoms with E-state index in [2.05, 4.69) is 4.98 Å². The third kappa shape index (κ3) is 6.43. The molecule has 0 fully saturated rings. The van der Waals surface area contributed by atoms with E-state index in [1.807, 2.05) is 140 Å². The Morgan fingerprint density at radius 2 is 0.873 bits per heavy atom. The zero-order valence-corrected chi connectivity index (χ0v) is 34.0. The number of fused-ring (bicyclic) bond motifs is 8. The van der Waals surface area contributed by atoms with Gasteiger partial charge in [-0.3, -0.25) is 0 Å². The molecular weight excluding hydrogens is 852 g/mol. The number of benzene rings is 4. The van der Waals surface area contributed by atoms with Gasteiger partial charge in [0.15, 0.2) is 0 Å². The molecule has 9 rings (SSSR count). The maximum atomic E-state index is 7.48. The molecular formula is C44H24Cl6MnN4. The quantitative estimate of drug-likeness (QED) is 0.179. The van der Waals surface area contributed by atoms with Gasteiger partial charge in [0.25, 0.3) is 0 Å². The Labute approximate surface area is 357 Å². The van der Waals surface area contributed by atoms with Gasteiger partial charge >= 0.3 is 0 Å². The topological polar surface area (TPSA) is 46.5 Å². The van der Waals surface area contributed by atoms with Gasteiger partial charge in [0.2, 0.25) is 0 Å². The second kappa shape index (κ2) is 15.3. The Hall–Kier alpha value is -4.26. The van der Waals surface area contributed by atoms with E-state index in [0.717, 1.165) is 33.3 Å². The summed E-state index contributed by atoms with van der Waals surface area (Å²) in [6.45, 7) is 0. The van der Waals surface area contributed by atoms with Crippen LogP contribution in [-0.2, 0) is 17.1 Å². The Morgan fingerprint density at radius 1 is 0.473 bits per heavy atom. The monoisotopic (exact) mass is 873 g/mol. The third-order valence-electron chi connectivity index (χ3n) is 9.47. The predicted octanol–water partition coefficient (Wildman–Crippen LogP) is 14.9. The van der Waals surface area contributed by atoms with Crippen molar-refractivity contribution >= 4 is 114 Å². The van der Waals surface area contributed by atoms with Crippen molar-refractivity contribution in [2.75, 3.05) is 0 Å². The molecule has 8 bridgehead atoms. The van der Waals surface area contributed by atoms with Crippen LogP contribution in [0.1, 0.15) is 22.8 Å². The zero-order chi connectivity index (χ0) is 37.1. The number of nitrogens with one attached hydrogen (secondary N) is 1. The van der Waals surface area contributed by atoms with Crippen LogP contribution in [0.15, 0.2) is 127 Å². The molecule has 11 heteroatoms. The third-order valence-corrected chi connectivity index (χ3v) is 11.8. The largest absolute Gasteiger partial charge is 0.353 e. The van der Waals surface area contributed by atoms with Gasteiger partial charge < -0.3 is 4.98 Å². The minimum atomic E-state index is 0. The number of hydrogen-bond acceptors (Lipinski definition) is 2. The molecule has 55 heavy (non-hydrogen) atoms. The molecule has 5 heterocycles. The number of aromatic amines is 1. The fraction of sp³-hybridized carbons (Fsp3) is 0. The fourth-order valence-corrected chi connectivity index (χ4v) is 8.76. The van der Waals surface area contributed by atoms with Crippen molar-refractivity contribution in [3.8, 4) is 44.5 Å². The van der Waals surface area contributed by atoms with Gasteiger partial charge in [-0.15, -0.1) is 0 Å². The first-order valence-corrected chi connectivity index (χ1v) is 19.1. The molecule has 1 radical (unpaired) electrons. The summed E-state index contributed by atoms with van der Waals surface area (Å²) in [4.78, 5) is 14.2. The molecule has 7 aromatic rings. The van der Waals surface area contributed by atoms with Crippen molar-refractivity contribution in [3.63, 3.8) is 0 Å². The van der Waals surface area contributed by atoms with Crippen LogP contribution >= 0.6 is 69.8 Å². The molecule has 269 valence electrons. The standard InChI is InChI=1S/C44H24Cl6N4.Mn/c45-28-23-31-32(24-13-5-1-6-14-24)29-21-22-30(51-29)33(25-15-7-2-8-16-25)43-38(48)39(49)44(54(43)50)35(27-19-11-4-12-20-27)42-37(47)36(46)41(53-42)34(40(28)52-31)26-17-9-3-10-18-26;/h1-23,52H;. The number of aromatic nitrogens is 4. The van der Waals surface area contributed by atoms with Crippen molar-refractivity contribution in [3.05, 3.63) is 165 Å². The normalized spacial score (nSPS) is 12.3. The Bertz CT molecular complexity index is 2870. The van der Waals surface area contributed by atoms with Crippen LogP contribution in [-0.4, -0.2) is 19.0 Å². The summed E-state index contributed by atoms with van der Waals surface area (Å²) in [6.07, 6.45) is 3.94. The van der Waals surface area contributed by atoms with E-state index in [1.54, 1.807) is 0 Å². The molecule has 4 nitrogen and oxygen atoms in total. The second-order valence-electron chi connectivity index (χ2n) is 12.6. The molecule has 0 saturated heterocycles. The number of rotatable bonds is 4. The molecule has 0 spiro atoms. The molecule has 0 amide bonds. The number of hydrogen-bond donors (Lipinski definition) is 1. The second-order valence-corrected chi connectivity index (χ2v) is 14.9. The van der Waals surface area contributed by atoms with Crippen LogP contribution < -0.4 is 0 Å². The van der Waals surface area contributed by atoms with Gasteiger partial charge in [-0.25, -0.2) is 14.1 Å². The van der Waals surface area contributed by atoms with Crippen LogP contribution in [0, 0.1) is 0 Å². The van der Waals surface area contributed by atoms with Crippen LogP contribution in [0.25, 0.3) is 88.8 Å². The average molecular weight is 876 g/mol. The van der Waals surface area contributed by atoms with Crippen LogP contribution in [0.4, 0.5) is 0 Å². The molecule has 0 saturated carbocycles. The number of nitrogens with zero attached hydrogens (tertiary/aromatic N) is 3. The van der Waals surface area contributed by atoms with Gasteiger partial charge in [-0.05, 0) is 40.5 Å². The fourth-order valence-electron chi connectivity index (χ4n) is 7.10. The molecule has 0 atom stereocenters. The van der Waals surface area contributed by atoms with Crippen molar-refractivity contribution in [1.29, 1.82) is 0 Å². The van der Waals surface area contributed by atoms with Gasteiger partial charge in [0.05, 0.1) is 70.0 Å². The smallest absolute Gasteiger partial charge is 0.0940 e. The van der Waals surface area contributed by atoms with Crippen molar-refractivity contribution in [2.45, 2.75) is 0 Å². The number of H-pyrrole nitrogens is 1. The van der Waals surface area contributed by atoms with E-state index >= 15 is 0 Å². The zero-order valence-electron chi connectivity index (χ0n) is 28.3. The molecule has 0 aliphatic carbocycles. The summed E-state index contributed by atoms with van der Waals surface area (Å²) >= 11 is 43.8. The SMILES string of the molecule is ClC1=C(Cl)c2nc1c(-c1ccccc1)c1[nH]c(cc1Cl)c(-c1ccccc1)c1nc(c(-c3ccccc3)c3c(Cl)c(Cl)c(c2-c2ccccc2)n3Cl)C=C1.[Mn]. The maximum absolute atomic E-state index is 7.48. The number of halogens is 6. The van der Waals surface area contributed by atoms with E-state index in [0.29, 0.717) is 61.0 Å². The predicted molar refractivity (Wildman–Crippen MR) is 230 cm³/mol. The molecule has 4 aromatic carbocycles. The van der Waals surface area contributed by atoms with Crippen LogP contribution in [0.3, 0.4) is 0 Å². The first kappa shape index (κ1) is 37.7. The van der Waals surface area contributed by atoms with Gasteiger partial charge in [-0.2, -0.15) is 0 Å². The van der Waals surface area contributed by atoms with Crippen LogP contribution in [0.5, 0.6) is 0 Å². The first-order chi connectivity index (χ1) is 26.3. The molecule has 3 aromatic heterocycles. The molecule has 0 unspecified atom stereocenters. The van der Waals surface area contributed by atoms with Crippen LogP contribution in [0.2, 0.25) is 15.1 Å². The maximum Gasteiger partial charge on any atom is 0.0940 e. The molecule has 2 aliphatic rings. The van der Waals surface area contributed by atoms with E-state index in [4.69, 9.17) is 79.7 Å². The first-order valence-electron chi connectivity index (χ1n) is 16.8. The summed E-state index contributed by atoms with van der Waals surface area (Å²) in [5.74, 6) is 0. The Balaban J connectivity index is 0.00000427. The molecule has 2 aliphatic heterocycles. The van der Waals surface area contributed by atoms with E-state index in [1.165, 1.54) is 4.09 Å². The Morgan fingerprint density at radius 3 is 1.38 bits per heavy atom. The summed E-state index contributed by atoms with van der Waals surface area (Å²) in [7, 11) is 0. The summed E-state index contributed by atoms with van der Waals surface area (Å²) < 4.78 is 1.48. The van der Waals surface area contributed by atoms with Crippen molar-refractivity contribution < 1.29 is 17.1 Å². The van der Waals surface area contributed by atoms with E-state index in [-0.39, 0.29) is 37.2 Å². The minimum Gasteiger partial charge on any atom is -0.353 e.